The largest absolute Gasteiger partial charge is 0.550 e. The van der Waals surface area contributed by atoms with Crippen LogP contribution in [0.1, 0.15) is 182 Å². The van der Waals surface area contributed by atoms with Crippen LogP contribution in [0.2, 0.25) is 0 Å². The molecule has 2 N–H and O–H groups in total. The van der Waals surface area contributed by atoms with Crippen LogP contribution in [0, 0.1) is 17.8 Å². The first-order chi connectivity index (χ1) is 21.7. The molecule has 0 bridgehead atoms. The van der Waals surface area contributed by atoms with E-state index in [4.69, 9.17) is 0 Å². The maximum atomic E-state index is 12.0. The van der Waals surface area contributed by atoms with Crippen LogP contribution < -0.4 is 5.11 Å². The van der Waals surface area contributed by atoms with Crippen LogP contribution in [0.5, 0.6) is 0 Å². The highest BCUT2D eigenvalue weighted by Crippen LogP contribution is 2.25. The molecule has 45 heavy (non-hydrogen) atoms. The number of rotatable bonds is 34. The normalized spacial score (nSPS) is 14.9. The second-order valence-corrected chi connectivity index (χ2v) is 14.0. The molecule has 0 saturated heterocycles. The average Bonchev–Trinajstić information content (AvgIpc) is 3.01. The van der Waals surface area contributed by atoms with E-state index in [2.05, 4.69) is 6.92 Å². The van der Waals surface area contributed by atoms with Gasteiger partial charge in [0.2, 0.25) is 0 Å². The van der Waals surface area contributed by atoms with E-state index in [1.54, 1.807) is 6.92 Å². The van der Waals surface area contributed by atoms with Crippen molar-refractivity contribution >= 4 is 17.9 Å². The molecular weight excluding hydrogens is 566 g/mol. The maximum Gasteiger partial charge on any atom is 0.312 e. The third-order valence-electron chi connectivity index (χ3n) is 10.1. The summed E-state index contributed by atoms with van der Waals surface area (Å²) in [6.07, 6.45) is 28.7. The number of nitrogens with zero attached hydrogens (tertiary/aromatic N) is 1. The van der Waals surface area contributed by atoms with E-state index in [1.165, 1.54) is 116 Å². The summed E-state index contributed by atoms with van der Waals surface area (Å²) in [7, 11) is 0. The molecule has 0 rings (SSSR count). The summed E-state index contributed by atoms with van der Waals surface area (Å²) in [5, 5.41) is 31.6. The Labute approximate surface area is 277 Å². The van der Waals surface area contributed by atoms with Crippen molar-refractivity contribution in [3.63, 3.8) is 0 Å². The molecule has 0 saturated carbocycles. The number of hydrogen-bond donors (Lipinski definition) is 2. The van der Waals surface area contributed by atoms with Crippen molar-refractivity contribution < 1.29 is 34.2 Å². The zero-order chi connectivity index (χ0) is 33.8. The van der Waals surface area contributed by atoms with Crippen molar-refractivity contribution in [2.75, 3.05) is 26.2 Å². The standard InChI is InChI=1S/C38H73NO6/c1-5-9-10-11-12-13-14-15-16-17-18-19-20-21-22-23-24-25-26-27-28-29-39(30-33(6-2)36(40)41,31-34(7-3)37(42)43)32-35(8-4)38(44)45/h33-35H,5-32H2,1-4H3,(H2-,40,41,42,43,44,45). The van der Waals surface area contributed by atoms with E-state index < -0.39 is 35.7 Å². The SMILES string of the molecule is CCCCCCCCCCCCCCCCCCCCCCC[N+](CC(CC)C(=O)[O-])(CC(CC)C(=O)O)CC(CC)C(=O)O. The Morgan fingerprint density at radius 3 is 0.978 bits per heavy atom. The molecule has 3 atom stereocenters. The van der Waals surface area contributed by atoms with Gasteiger partial charge in [-0.05, 0) is 32.1 Å². The van der Waals surface area contributed by atoms with E-state index in [9.17, 15) is 29.7 Å². The van der Waals surface area contributed by atoms with Gasteiger partial charge in [-0.1, -0.05) is 150 Å². The lowest BCUT2D eigenvalue weighted by atomic mass is 9.95. The molecule has 0 spiro atoms. The van der Waals surface area contributed by atoms with Crippen molar-refractivity contribution in [1.82, 2.24) is 0 Å². The first-order valence-electron chi connectivity index (χ1n) is 19.2. The van der Waals surface area contributed by atoms with Crippen LogP contribution >= 0.6 is 0 Å². The summed E-state index contributed by atoms with van der Waals surface area (Å²) in [4.78, 5) is 35.9. The van der Waals surface area contributed by atoms with Gasteiger partial charge in [-0.2, -0.15) is 0 Å². The van der Waals surface area contributed by atoms with Crippen LogP contribution in [0.15, 0.2) is 0 Å². The van der Waals surface area contributed by atoms with E-state index in [0.29, 0.717) is 25.8 Å². The lowest BCUT2D eigenvalue weighted by Gasteiger charge is -2.44. The first kappa shape index (κ1) is 43.4. The van der Waals surface area contributed by atoms with Crippen molar-refractivity contribution in [3.8, 4) is 0 Å². The maximum absolute atomic E-state index is 12.0. The third kappa shape index (κ3) is 22.5. The van der Waals surface area contributed by atoms with Crippen molar-refractivity contribution in [2.24, 2.45) is 17.8 Å². The third-order valence-corrected chi connectivity index (χ3v) is 10.1. The fourth-order valence-electron chi connectivity index (χ4n) is 6.91. The minimum Gasteiger partial charge on any atom is -0.550 e. The molecule has 0 aliphatic rings. The molecule has 0 aliphatic heterocycles. The van der Waals surface area contributed by atoms with E-state index in [0.717, 1.165) is 19.3 Å². The lowest BCUT2D eigenvalue weighted by Crippen LogP contribution is -2.59. The number of carbonyl (C=O) groups is 3. The molecule has 0 fully saturated rings. The summed E-state index contributed by atoms with van der Waals surface area (Å²) in [5.74, 6) is -4.92. The molecule has 0 aliphatic carbocycles. The van der Waals surface area contributed by atoms with Crippen LogP contribution in [-0.2, 0) is 14.4 Å². The van der Waals surface area contributed by atoms with Crippen molar-refractivity contribution in [2.45, 2.75) is 182 Å². The van der Waals surface area contributed by atoms with E-state index >= 15 is 0 Å². The quantitative estimate of drug-likeness (QED) is 0.0536. The van der Waals surface area contributed by atoms with Crippen molar-refractivity contribution in [3.05, 3.63) is 0 Å². The van der Waals surface area contributed by atoms with Crippen LogP contribution in [0.3, 0.4) is 0 Å². The molecule has 0 heterocycles. The van der Waals surface area contributed by atoms with Gasteiger partial charge < -0.3 is 24.6 Å². The Bertz CT molecular complexity index is 682. The van der Waals surface area contributed by atoms with E-state index in [1.807, 2.05) is 13.8 Å². The van der Waals surface area contributed by atoms with Gasteiger partial charge >= 0.3 is 11.9 Å². The van der Waals surface area contributed by atoms with Gasteiger partial charge in [0.1, 0.15) is 11.8 Å². The van der Waals surface area contributed by atoms with Crippen LogP contribution in [-0.4, -0.2) is 58.8 Å². The Hall–Kier alpha value is -1.63. The van der Waals surface area contributed by atoms with Crippen molar-refractivity contribution in [1.29, 1.82) is 0 Å². The second kappa shape index (κ2) is 28.6. The molecule has 0 aromatic rings. The number of quaternary nitrogens is 1. The van der Waals surface area contributed by atoms with Gasteiger partial charge in [0.15, 0.2) is 0 Å². The Balaban J connectivity index is 4.44. The minimum absolute atomic E-state index is 0.223. The van der Waals surface area contributed by atoms with Gasteiger partial charge in [-0.3, -0.25) is 9.59 Å². The zero-order valence-corrected chi connectivity index (χ0v) is 30.0. The highest BCUT2D eigenvalue weighted by Gasteiger charge is 2.39. The summed E-state index contributed by atoms with van der Waals surface area (Å²) in [6, 6.07) is 0. The highest BCUT2D eigenvalue weighted by atomic mass is 16.4. The number of unbranched alkanes of at least 4 members (excludes halogenated alkanes) is 20. The number of hydrogen-bond acceptors (Lipinski definition) is 4. The highest BCUT2D eigenvalue weighted by molar-refractivity contribution is 5.70. The van der Waals surface area contributed by atoms with Gasteiger partial charge in [-0.15, -0.1) is 0 Å². The number of carbonyl (C=O) groups excluding carboxylic acids is 1. The molecule has 0 aromatic heterocycles. The first-order valence-corrected chi connectivity index (χ1v) is 19.2. The zero-order valence-electron chi connectivity index (χ0n) is 30.0. The molecule has 0 aromatic carbocycles. The Morgan fingerprint density at radius 2 is 0.733 bits per heavy atom. The van der Waals surface area contributed by atoms with Gasteiger partial charge in [0.25, 0.3) is 0 Å². The summed E-state index contributed by atoms with van der Waals surface area (Å²) >= 11 is 0. The molecule has 7 heteroatoms. The van der Waals surface area contributed by atoms with Gasteiger partial charge in [0, 0.05) is 5.92 Å². The topological polar surface area (TPSA) is 115 Å². The van der Waals surface area contributed by atoms with E-state index in [-0.39, 0.29) is 24.1 Å². The summed E-state index contributed by atoms with van der Waals surface area (Å²) < 4.78 is 0.223. The number of carboxylic acids is 3. The Kier molecular flexibility index (Phi) is 27.5. The molecular formula is C38H73NO6. The Morgan fingerprint density at radius 1 is 0.467 bits per heavy atom. The fourth-order valence-corrected chi connectivity index (χ4v) is 6.91. The number of aliphatic carboxylic acids is 3. The average molecular weight is 640 g/mol. The second-order valence-electron chi connectivity index (χ2n) is 14.0. The van der Waals surface area contributed by atoms with Gasteiger partial charge in [-0.25, -0.2) is 0 Å². The van der Waals surface area contributed by atoms with Gasteiger partial charge in [0.05, 0.1) is 32.1 Å². The molecule has 3 unspecified atom stereocenters. The lowest BCUT2D eigenvalue weighted by molar-refractivity contribution is -0.935. The predicted octanol–water partition coefficient (Wildman–Crippen LogP) is 9.01. The molecule has 7 nitrogen and oxygen atoms in total. The monoisotopic (exact) mass is 640 g/mol. The summed E-state index contributed by atoms with van der Waals surface area (Å²) in [6.45, 7) is 9.10. The number of carboxylic acid groups (broad SMARTS) is 3. The molecule has 0 radical (unpaired) electrons. The molecule has 0 amide bonds. The minimum atomic E-state index is -1.13. The predicted molar refractivity (Wildman–Crippen MR) is 184 cm³/mol. The van der Waals surface area contributed by atoms with Crippen LogP contribution in [0.25, 0.3) is 0 Å². The summed E-state index contributed by atoms with van der Waals surface area (Å²) in [5.41, 5.74) is 0. The fraction of sp³-hybridized carbons (Fsp3) is 0.921. The smallest absolute Gasteiger partial charge is 0.312 e. The molecule has 266 valence electrons. The van der Waals surface area contributed by atoms with Crippen LogP contribution in [0.4, 0.5) is 0 Å².